The number of carbonyl (C=O) groups excluding carboxylic acids is 2. The summed E-state index contributed by atoms with van der Waals surface area (Å²) in [6, 6.07) is 2.11. The van der Waals surface area contributed by atoms with Crippen LogP contribution in [0.15, 0.2) is 29.9 Å². The molecule has 2 amide bonds. The summed E-state index contributed by atoms with van der Waals surface area (Å²) in [4.78, 5) is 45.0. The molecular weight excluding hydrogens is 332 g/mol. The minimum atomic E-state index is -1.16. The Kier molecular flexibility index (Phi) is 4.52. The molecule has 2 aromatic heterocycles. The summed E-state index contributed by atoms with van der Waals surface area (Å²) in [5.41, 5.74) is 0.125. The predicted octanol–water partition coefficient (Wildman–Crippen LogP) is 1.48. The lowest BCUT2D eigenvalue weighted by atomic mass is 10.1. The van der Waals surface area contributed by atoms with Gasteiger partial charge < -0.3 is 15.3 Å². The Labute approximate surface area is 141 Å². The molecule has 1 unspecified atom stereocenters. The van der Waals surface area contributed by atoms with Crippen LogP contribution < -0.4 is 5.32 Å². The number of thiazole rings is 1. The molecule has 1 saturated heterocycles. The van der Waals surface area contributed by atoms with Crippen LogP contribution in [0.25, 0.3) is 0 Å². The Bertz CT molecular complexity index is 760. The zero-order valence-corrected chi connectivity index (χ0v) is 13.3. The van der Waals surface area contributed by atoms with Crippen molar-refractivity contribution in [3.63, 3.8) is 0 Å². The fraction of sp³-hybridized carbons (Fsp3) is 0.267. The van der Waals surface area contributed by atoms with Crippen LogP contribution in [-0.4, -0.2) is 50.3 Å². The number of likely N-dealkylation sites (tertiary alicyclic amines) is 1. The summed E-state index contributed by atoms with van der Waals surface area (Å²) in [7, 11) is 0. The molecule has 0 aromatic carbocycles. The number of nitrogens with one attached hydrogen (secondary N) is 1. The molecule has 1 aliphatic heterocycles. The van der Waals surface area contributed by atoms with Crippen molar-refractivity contribution >= 4 is 34.3 Å². The predicted molar refractivity (Wildman–Crippen MR) is 86.0 cm³/mol. The third kappa shape index (κ3) is 3.25. The summed E-state index contributed by atoms with van der Waals surface area (Å²) in [6.07, 6.45) is 4.11. The van der Waals surface area contributed by atoms with Gasteiger partial charge in [-0.15, -0.1) is 11.3 Å². The third-order valence-electron chi connectivity index (χ3n) is 3.71. The molecule has 9 heteroatoms. The van der Waals surface area contributed by atoms with E-state index in [0.717, 1.165) is 6.42 Å². The van der Waals surface area contributed by atoms with Gasteiger partial charge in [-0.1, -0.05) is 0 Å². The Morgan fingerprint density at radius 3 is 2.75 bits per heavy atom. The molecule has 124 valence electrons. The standard InChI is InChI=1S/C15H14N4O4S/c20-12(18-15-16-5-7-24-15)11-2-1-6-19(11)13(21)9-3-4-10(14(22)23)17-8-9/h3-5,7-8,11H,1-2,6H2,(H,22,23)(H,16,18,20). The van der Waals surface area contributed by atoms with Gasteiger partial charge in [0, 0.05) is 24.3 Å². The zero-order valence-electron chi connectivity index (χ0n) is 12.5. The van der Waals surface area contributed by atoms with E-state index in [1.165, 1.54) is 34.6 Å². The van der Waals surface area contributed by atoms with E-state index >= 15 is 0 Å². The highest BCUT2D eigenvalue weighted by molar-refractivity contribution is 7.13. The highest BCUT2D eigenvalue weighted by Gasteiger charge is 2.35. The molecule has 0 bridgehead atoms. The first-order valence-electron chi connectivity index (χ1n) is 7.27. The fourth-order valence-corrected chi connectivity index (χ4v) is 3.10. The number of hydrogen-bond acceptors (Lipinski definition) is 6. The lowest BCUT2D eigenvalue weighted by Gasteiger charge is -2.23. The fourth-order valence-electron chi connectivity index (χ4n) is 2.57. The molecule has 2 aromatic rings. The van der Waals surface area contributed by atoms with Crippen molar-refractivity contribution in [3.05, 3.63) is 41.2 Å². The van der Waals surface area contributed by atoms with E-state index in [4.69, 9.17) is 5.11 Å². The topological polar surface area (TPSA) is 112 Å². The number of pyridine rings is 1. The third-order valence-corrected chi connectivity index (χ3v) is 4.40. The number of rotatable bonds is 4. The summed E-state index contributed by atoms with van der Waals surface area (Å²) >= 11 is 1.31. The molecule has 3 rings (SSSR count). The van der Waals surface area contributed by atoms with Gasteiger partial charge in [-0.3, -0.25) is 9.59 Å². The van der Waals surface area contributed by atoms with Crippen molar-refractivity contribution in [2.24, 2.45) is 0 Å². The molecule has 1 atom stereocenters. The Morgan fingerprint density at radius 2 is 2.12 bits per heavy atom. The quantitative estimate of drug-likeness (QED) is 0.867. The minimum absolute atomic E-state index is 0.133. The molecule has 3 heterocycles. The number of carboxylic acid groups (broad SMARTS) is 1. The maximum Gasteiger partial charge on any atom is 0.354 e. The van der Waals surface area contributed by atoms with Crippen LogP contribution in [0.3, 0.4) is 0 Å². The van der Waals surface area contributed by atoms with Crippen LogP contribution in [0.1, 0.15) is 33.7 Å². The number of hydrogen-bond donors (Lipinski definition) is 2. The first-order valence-corrected chi connectivity index (χ1v) is 8.15. The molecule has 1 aliphatic rings. The van der Waals surface area contributed by atoms with E-state index in [0.29, 0.717) is 18.1 Å². The smallest absolute Gasteiger partial charge is 0.354 e. The van der Waals surface area contributed by atoms with Gasteiger partial charge in [0.15, 0.2) is 5.13 Å². The van der Waals surface area contributed by atoms with Crippen LogP contribution in [0.5, 0.6) is 0 Å². The van der Waals surface area contributed by atoms with Crippen LogP contribution in [-0.2, 0) is 4.79 Å². The van der Waals surface area contributed by atoms with Gasteiger partial charge in [0.2, 0.25) is 5.91 Å². The number of aromatic nitrogens is 2. The number of carboxylic acids is 1. The van der Waals surface area contributed by atoms with Gasteiger partial charge in [-0.05, 0) is 25.0 Å². The highest BCUT2D eigenvalue weighted by atomic mass is 32.1. The minimum Gasteiger partial charge on any atom is -0.477 e. The maximum atomic E-state index is 12.6. The summed E-state index contributed by atoms with van der Waals surface area (Å²) in [5, 5.41) is 13.8. The lowest BCUT2D eigenvalue weighted by Crippen LogP contribution is -2.43. The number of amides is 2. The van der Waals surface area contributed by atoms with Gasteiger partial charge in [0.25, 0.3) is 5.91 Å². The van der Waals surface area contributed by atoms with E-state index < -0.39 is 12.0 Å². The first-order chi connectivity index (χ1) is 11.6. The summed E-state index contributed by atoms with van der Waals surface area (Å²) < 4.78 is 0. The number of anilines is 1. The van der Waals surface area contributed by atoms with Gasteiger partial charge in [-0.25, -0.2) is 14.8 Å². The van der Waals surface area contributed by atoms with Crippen molar-refractivity contribution in [3.8, 4) is 0 Å². The zero-order chi connectivity index (χ0) is 17.1. The van der Waals surface area contributed by atoms with E-state index in [-0.39, 0.29) is 23.1 Å². The van der Waals surface area contributed by atoms with Gasteiger partial charge in [-0.2, -0.15) is 0 Å². The molecule has 0 spiro atoms. The molecule has 0 radical (unpaired) electrons. The van der Waals surface area contributed by atoms with E-state index in [2.05, 4.69) is 15.3 Å². The molecule has 8 nitrogen and oxygen atoms in total. The Morgan fingerprint density at radius 1 is 1.29 bits per heavy atom. The second kappa shape index (κ2) is 6.75. The molecule has 2 N–H and O–H groups in total. The molecule has 0 saturated carbocycles. The van der Waals surface area contributed by atoms with Crippen molar-refractivity contribution in [1.29, 1.82) is 0 Å². The van der Waals surface area contributed by atoms with Crippen LogP contribution in [0.4, 0.5) is 5.13 Å². The normalized spacial score (nSPS) is 16.8. The van der Waals surface area contributed by atoms with Crippen molar-refractivity contribution in [2.75, 3.05) is 11.9 Å². The molecule has 1 fully saturated rings. The van der Waals surface area contributed by atoms with E-state index in [9.17, 15) is 14.4 Å². The van der Waals surface area contributed by atoms with Gasteiger partial charge in [0.1, 0.15) is 11.7 Å². The number of aromatic carboxylic acids is 1. The average molecular weight is 346 g/mol. The SMILES string of the molecule is O=C(O)c1ccc(C(=O)N2CCCC2C(=O)Nc2nccs2)cn1. The second-order valence-corrected chi connectivity index (χ2v) is 6.11. The lowest BCUT2D eigenvalue weighted by molar-refractivity contribution is -0.119. The van der Waals surface area contributed by atoms with E-state index in [1.54, 1.807) is 11.6 Å². The number of carbonyl (C=O) groups is 3. The van der Waals surface area contributed by atoms with Crippen molar-refractivity contribution < 1.29 is 19.5 Å². The largest absolute Gasteiger partial charge is 0.477 e. The van der Waals surface area contributed by atoms with Gasteiger partial charge >= 0.3 is 5.97 Å². The van der Waals surface area contributed by atoms with Crippen LogP contribution in [0, 0.1) is 0 Å². The highest BCUT2D eigenvalue weighted by Crippen LogP contribution is 2.22. The second-order valence-electron chi connectivity index (χ2n) is 5.22. The summed E-state index contributed by atoms with van der Waals surface area (Å²) in [5.74, 6) is -1.77. The Hall–Kier alpha value is -2.81. The average Bonchev–Trinajstić information content (AvgIpc) is 3.25. The van der Waals surface area contributed by atoms with Crippen molar-refractivity contribution in [2.45, 2.75) is 18.9 Å². The van der Waals surface area contributed by atoms with E-state index in [1.807, 2.05) is 0 Å². The van der Waals surface area contributed by atoms with Crippen molar-refractivity contribution in [1.82, 2.24) is 14.9 Å². The maximum absolute atomic E-state index is 12.6. The monoisotopic (exact) mass is 346 g/mol. The van der Waals surface area contributed by atoms with Gasteiger partial charge in [0.05, 0.1) is 5.56 Å². The molecular formula is C15H14N4O4S. The van der Waals surface area contributed by atoms with Crippen LogP contribution >= 0.6 is 11.3 Å². The van der Waals surface area contributed by atoms with Crippen LogP contribution in [0.2, 0.25) is 0 Å². The Balaban J connectivity index is 1.73. The summed E-state index contributed by atoms with van der Waals surface area (Å²) in [6.45, 7) is 0.468. The first kappa shape index (κ1) is 16.1. The number of nitrogens with zero attached hydrogens (tertiary/aromatic N) is 3. The molecule has 24 heavy (non-hydrogen) atoms. The molecule has 0 aliphatic carbocycles.